The van der Waals surface area contributed by atoms with Gasteiger partial charge in [0, 0.05) is 19.8 Å². The van der Waals surface area contributed by atoms with Crippen molar-refractivity contribution in [3.63, 3.8) is 0 Å². The maximum Gasteiger partial charge on any atom is 0.158 e. The molecule has 0 bridgehead atoms. The minimum absolute atomic E-state index is 0.329. The molecule has 80 valence electrons. The average molecular weight is 206 g/mol. The molecule has 5 heteroatoms. The number of aromatic nitrogens is 2. The highest BCUT2D eigenvalue weighted by molar-refractivity contribution is 5.32. The highest BCUT2D eigenvalue weighted by atomic mass is 16.5. The van der Waals surface area contributed by atoms with Gasteiger partial charge in [0.1, 0.15) is 11.9 Å². The molecule has 0 atom stereocenters. The summed E-state index contributed by atoms with van der Waals surface area (Å²) in [6, 6.07) is 1.92. The zero-order chi connectivity index (χ0) is 10.9. The molecule has 0 amide bonds. The molecule has 0 spiro atoms. The second kappa shape index (κ2) is 6.74. The Kier molecular flexibility index (Phi) is 5.12. The Morgan fingerprint density at radius 2 is 2.33 bits per heavy atom. The molecule has 15 heavy (non-hydrogen) atoms. The lowest BCUT2D eigenvalue weighted by Crippen LogP contribution is -2.07. The molecule has 0 fully saturated rings. The second-order valence-electron chi connectivity index (χ2n) is 2.88. The van der Waals surface area contributed by atoms with E-state index in [0.717, 1.165) is 26.2 Å². The molecule has 5 nitrogen and oxygen atoms in total. The van der Waals surface area contributed by atoms with E-state index in [9.17, 15) is 0 Å². The molecule has 0 radical (unpaired) electrons. The van der Waals surface area contributed by atoms with Crippen molar-refractivity contribution in [1.29, 1.82) is 5.26 Å². The Morgan fingerprint density at radius 3 is 2.93 bits per heavy atom. The lowest BCUT2D eigenvalue weighted by Gasteiger charge is -2.04. The molecule has 0 aromatic carbocycles. The van der Waals surface area contributed by atoms with E-state index in [4.69, 9.17) is 10.00 Å². The van der Waals surface area contributed by atoms with Crippen LogP contribution in [-0.4, -0.2) is 29.7 Å². The molecule has 0 aliphatic carbocycles. The van der Waals surface area contributed by atoms with Gasteiger partial charge in [0.15, 0.2) is 5.69 Å². The third kappa shape index (κ3) is 4.38. The number of rotatable bonds is 6. The number of ether oxygens (including phenoxy) is 1. The summed E-state index contributed by atoms with van der Waals surface area (Å²) >= 11 is 0. The van der Waals surface area contributed by atoms with E-state index >= 15 is 0 Å². The SMILES string of the molecule is CCOCCCNc1cnc(C#N)cn1. The second-order valence-corrected chi connectivity index (χ2v) is 2.88. The smallest absolute Gasteiger partial charge is 0.158 e. The normalized spacial score (nSPS) is 9.60. The highest BCUT2D eigenvalue weighted by Gasteiger charge is 1.95. The van der Waals surface area contributed by atoms with Crippen LogP contribution in [0.25, 0.3) is 0 Å². The molecule has 1 aromatic rings. The van der Waals surface area contributed by atoms with E-state index in [1.54, 1.807) is 6.20 Å². The molecular weight excluding hydrogens is 192 g/mol. The largest absolute Gasteiger partial charge is 0.382 e. The maximum atomic E-state index is 8.51. The van der Waals surface area contributed by atoms with Crippen molar-refractivity contribution in [3.8, 4) is 6.07 Å². The van der Waals surface area contributed by atoms with Gasteiger partial charge in [-0.2, -0.15) is 5.26 Å². The molecule has 1 rings (SSSR count). The maximum absolute atomic E-state index is 8.51. The molecule has 0 saturated carbocycles. The summed E-state index contributed by atoms with van der Waals surface area (Å²) in [5.74, 6) is 0.686. The minimum atomic E-state index is 0.329. The van der Waals surface area contributed by atoms with Gasteiger partial charge in [0.05, 0.1) is 12.4 Å². The number of hydrogen-bond acceptors (Lipinski definition) is 5. The fourth-order valence-corrected chi connectivity index (χ4v) is 1.01. The summed E-state index contributed by atoms with van der Waals surface area (Å²) < 4.78 is 5.19. The van der Waals surface area contributed by atoms with Crippen molar-refractivity contribution in [1.82, 2.24) is 9.97 Å². The van der Waals surface area contributed by atoms with Crippen molar-refractivity contribution in [3.05, 3.63) is 18.1 Å². The first-order chi connectivity index (χ1) is 7.36. The predicted octanol–water partition coefficient (Wildman–Crippen LogP) is 1.19. The van der Waals surface area contributed by atoms with Gasteiger partial charge < -0.3 is 10.1 Å². The van der Waals surface area contributed by atoms with Crippen LogP contribution in [-0.2, 0) is 4.74 Å². The van der Waals surface area contributed by atoms with E-state index in [1.807, 2.05) is 13.0 Å². The third-order valence-corrected chi connectivity index (χ3v) is 1.74. The number of hydrogen-bond donors (Lipinski definition) is 1. The summed E-state index contributed by atoms with van der Waals surface area (Å²) in [5, 5.41) is 11.6. The minimum Gasteiger partial charge on any atom is -0.382 e. The quantitative estimate of drug-likeness (QED) is 0.708. The lowest BCUT2D eigenvalue weighted by molar-refractivity contribution is 0.147. The molecule has 0 aliphatic heterocycles. The van der Waals surface area contributed by atoms with Gasteiger partial charge in [-0.1, -0.05) is 0 Å². The van der Waals surface area contributed by atoms with Crippen LogP contribution in [0.2, 0.25) is 0 Å². The van der Waals surface area contributed by atoms with Crippen molar-refractivity contribution < 1.29 is 4.74 Å². The summed E-state index contributed by atoms with van der Waals surface area (Å²) in [6.07, 6.45) is 3.93. The molecule has 1 heterocycles. The third-order valence-electron chi connectivity index (χ3n) is 1.74. The van der Waals surface area contributed by atoms with Crippen LogP contribution in [0.15, 0.2) is 12.4 Å². The van der Waals surface area contributed by atoms with Gasteiger partial charge in [-0.3, -0.25) is 0 Å². The van der Waals surface area contributed by atoms with Gasteiger partial charge in [0.25, 0.3) is 0 Å². The van der Waals surface area contributed by atoms with Crippen LogP contribution in [0.1, 0.15) is 19.0 Å². The van der Waals surface area contributed by atoms with Crippen molar-refractivity contribution in [2.45, 2.75) is 13.3 Å². The van der Waals surface area contributed by atoms with Crippen LogP contribution in [0, 0.1) is 11.3 Å². The zero-order valence-corrected chi connectivity index (χ0v) is 8.73. The number of nitrogens with zero attached hydrogens (tertiary/aromatic N) is 3. The first-order valence-electron chi connectivity index (χ1n) is 4.90. The Balaban J connectivity index is 2.23. The summed E-state index contributed by atoms with van der Waals surface area (Å²) in [6.45, 7) is 4.25. The predicted molar refractivity (Wildman–Crippen MR) is 56.3 cm³/mol. The Labute approximate surface area is 89.1 Å². The fraction of sp³-hybridized carbons (Fsp3) is 0.500. The lowest BCUT2D eigenvalue weighted by atomic mass is 10.4. The average Bonchev–Trinajstić information content (AvgIpc) is 2.30. The van der Waals surface area contributed by atoms with Crippen molar-refractivity contribution in [2.75, 3.05) is 25.1 Å². The van der Waals surface area contributed by atoms with Crippen molar-refractivity contribution in [2.24, 2.45) is 0 Å². The number of nitriles is 1. The highest BCUT2D eigenvalue weighted by Crippen LogP contribution is 1.99. The topological polar surface area (TPSA) is 70.8 Å². The molecule has 1 N–H and O–H groups in total. The zero-order valence-electron chi connectivity index (χ0n) is 8.73. The number of anilines is 1. The molecule has 0 aliphatic rings. The Morgan fingerprint density at radius 1 is 1.47 bits per heavy atom. The first-order valence-corrected chi connectivity index (χ1v) is 4.90. The van der Waals surface area contributed by atoms with Gasteiger partial charge in [-0.15, -0.1) is 0 Å². The standard InChI is InChI=1S/C10H14N4O/c1-2-15-5-3-4-12-10-8-13-9(6-11)7-14-10/h7-8H,2-5H2,1H3,(H,12,14). The van der Waals surface area contributed by atoms with Crippen LogP contribution >= 0.6 is 0 Å². The van der Waals surface area contributed by atoms with E-state index < -0.39 is 0 Å². The van der Waals surface area contributed by atoms with Crippen LogP contribution < -0.4 is 5.32 Å². The van der Waals surface area contributed by atoms with E-state index in [2.05, 4.69) is 15.3 Å². The molecular formula is C10H14N4O. The molecule has 0 saturated heterocycles. The van der Waals surface area contributed by atoms with Crippen LogP contribution in [0.5, 0.6) is 0 Å². The monoisotopic (exact) mass is 206 g/mol. The van der Waals surface area contributed by atoms with Gasteiger partial charge in [-0.25, -0.2) is 9.97 Å². The molecule has 0 unspecified atom stereocenters. The van der Waals surface area contributed by atoms with Gasteiger partial charge in [0.2, 0.25) is 0 Å². The summed E-state index contributed by atoms with van der Waals surface area (Å²) in [4.78, 5) is 7.93. The van der Waals surface area contributed by atoms with Crippen LogP contribution in [0.4, 0.5) is 5.82 Å². The summed E-state index contributed by atoms with van der Waals surface area (Å²) in [7, 11) is 0. The van der Waals surface area contributed by atoms with E-state index in [-0.39, 0.29) is 0 Å². The first kappa shape index (κ1) is 11.4. The van der Waals surface area contributed by atoms with Crippen molar-refractivity contribution >= 4 is 5.82 Å². The van der Waals surface area contributed by atoms with Gasteiger partial charge >= 0.3 is 0 Å². The molecule has 1 aromatic heterocycles. The number of nitrogens with one attached hydrogen (secondary N) is 1. The van der Waals surface area contributed by atoms with Crippen LogP contribution in [0.3, 0.4) is 0 Å². The Hall–Kier alpha value is -1.67. The Bertz CT molecular complexity index is 317. The fourth-order valence-electron chi connectivity index (χ4n) is 1.01. The van der Waals surface area contributed by atoms with Gasteiger partial charge in [-0.05, 0) is 13.3 Å². The van der Waals surface area contributed by atoms with E-state index in [0.29, 0.717) is 11.5 Å². The summed E-state index contributed by atoms with van der Waals surface area (Å²) in [5.41, 5.74) is 0.329. The van der Waals surface area contributed by atoms with E-state index in [1.165, 1.54) is 6.20 Å².